The smallest absolute Gasteiger partial charge is 0.326 e. The van der Waals surface area contributed by atoms with Crippen LogP contribution in [0.1, 0.15) is 54.6 Å². The Kier molecular flexibility index (Phi) is 5.92. The van der Waals surface area contributed by atoms with Crippen LogP contribution in [-0.4, -0.2) is 39.5 Å². The van der Waals surface area contributed by atoms with E-state index in [4.69, 9.17) is 0 Å². The van der Waals surface area contributed by atoms with Gasteiger partial charge in [-0.15, -0.1) is 0 Å². The van der Waals surface area contributed by atoms with Crippen molar-refractivity contribution in [3.63, 3.8) is 0 Å². The van der Waals surface area contributed by atoms with Gasteiger partial charge in [-0.05, 0) is 79.3 Å². The van der Waals surface area contributed by atoms with Crippen molar-refractivity contribution in [1.82, 2.24) is 9.47 Å². The maximum Gasteiger partial charge on any atom is 0.326 e. The molecule has 5 nitrogen and oxygen atoms in total. The standard InChI is InChI=1S/C28H31FN2O3/c1-3-24(28(33)34)31-25-10-8-20(29)15-22(25)23-16-21(9-11-26(23)31)30(2)27(32)14-17-12-18-6-4-5-7-19(18)13-17/h4-8,10,15,17,21,24H,3,9,11-14,16H2,1-2H3,(H,33,34). The number of hydrogen-bond donors (Lipinski definition) is 1. The zero-order valence-corrected chi connectivity index (χ0v) is 19.8. The molecular formula is C28H31FN2O3. The number of carboxylic acid groups (broad SMARTS) is 1. The third-order valence-corrected chi connectivity index (χ3v) is 7.86. The van der Waals surface area contributed by atoms with E-state index in [0.717, 1.165) is 41.4 Å². The molecule has 0 bridgehead atoms. The third kappa shape index (κ3) is 3.89. The van der Waals surface area contributed by atoms with Crippen molar-refractivity contribution in [2.75, 3.05) is 7.05 Å². The molecule has 1 N–H and O–H groups in total. The molecule has 1 heterocycles. The fourth-order valence-corrected chi connectivity index (χ4v) is 6.09. The predicted molar refractivity (Wildman–Crippen MR) is 129 cm³/mol. The van der Waals surface area contributed by atoms with Gasteiger partial charge in [0.15, 0.2) is 0 Å². The minimum Gasteiger partial charge on any atom is -0.480 e. The number of nitrogens with zero attached hydrogens (tertiary/aromatic N) is 2. The molecule has 2 aliphatic carbocycles. The summed E-state index contributed by atoms with van der Waals surface area (Å²) in [5.74, 6) is -0.719. The summed E-state index contributed by atoms with van der Waals surface area (Å²) < 4.78 is 16.1. The van der Waals surface area contributed by atoms with Gasteiger partial charge in [0.1, 0.15) is 11.9 Å². The molecule has 5 rings (SSSR count). The SMILES string of the molecule is CCC(C(=O)O)n1c2c(c3cc(F)ccc31)CC(N(C)C(=O)CC1Cc3ccccc3C1)CC2. The largest absolute Gasteiger partial charge is 0.480 e. The van der Waals surface area contributed by atoms with E-state index in [0.29, 0.717) is 31.6 Å². The quantitative estimate of drug-likeness (QED) is 0.565. The highest BCUT2D eigenvalue weighted by Gasteiger charge is 2.33. The van der Waals surface area contributed by atoms with Crippen LogP contribution in [0.15, 0.2) is 42.5 Å². The zero-order valence-electron chi connectivity index (χ0n) is 19.8. The normalized spacial score (nSPS) is 18.5. The van der Waals surface area contributed by atoms with Crippen molar-refractivity contribution in [1.29, 1.82) is 0 Å². The fraction of sp³-hybridized carbons (Fsp3) is 0.429. The lowest BCUT2D eigenvalue weighted by atomic mass is 9.89. The molecule has 2 atom stereocenters. The van der Waals surface area contributed by atoms with E-state index >= 15 is 0 Å². The summed E-state index contributed by atoms with van der Waals surface area (Å²) >= 11 is 0. The van der Waals surface area contributed by atoms with Crippen molar-refractivity contribution >= 4 is 22.8 Å². The lowest BCUT2D eigenvalue weighted by Crippen LogP contribution is -2.41. The van der Waals surface area contributed by atoms with Gasteiger partial charge in [0.25, 0.3) is 0 Å². The number of aromatic nitrogens is 1. The van der Waals surface area contributed by atoms with E-state index in [9.17, 15) is 19.1 Å². The summed E-state index contributed by atoms with van der Waals surface area (Å²) in [5.41, 5.74) is 5.42. The van der Waals surface area contributed by atoms with Gasteiger partial charge in [-0.3, -0.25) is 4.79 Å². The highest BCUT2D eigenvalue weighted by molar-refractivity contribution is 5.88. The second kappa shape index (κ2) is 8.90. The summed E-state index contributed by atoms with van der Waals surface area (Å²) in [7, 11) is 1.88. The molecule has 2 aromatic carbocycles. The fourth-order valence-electron chi connectivity index (χ4n) is 6.09. The maximum absolute atomic E-state index is 14.2. The molecular weight excluding hydrogens is 431 g/mol. The first kappa shape index (κ1) is 22.6. The highest BCUT2D eigenvalue weighted by Crippen LogP contribution is 2.37. The molecule has 2 aliphatic rings. The zero-order chi connectivity index (χ0) is 24.0. The Bertz CT molecular complexity index is 1240. The Morgan fingerprint density at radius 3 is 2.50 bits per heavy atom. The minimum atomic E-state index is -0.876. The number of carbonyl (C=O) groups excluding carboxylic acids is 1. The Balaban J connectivity index is 1.38. The average molecular weight is 463 g/mol. The number of benzene rings is 2. The minimum absolute atomic E-state index is 0.0241. The Morgan fingerprint density at radius 2 is 1.85 bits per heavy atom. The molecule has 34 heavy (non-hydrogen) atoms. The average Bonchev–Trinajstić information content (AvgIpc) is 3.37. The van der Waals surface area contributed by atoms with E-state index in [1.54, 1.807) is 6.07 Å². The van der Waals surface area contributed by atoms with E-state index in [1.807, 2.05) is 23.4 Å². The summed E-state index contributed by atoms with van der Waals surface area (Å²) in [6, 6.07) is 12.4. The molecule has 0 saturated heterocycles. The monoisotopic (exact) mass is 462 g/mol. The summed E-state index contributed by atoms with van der Waals surface area (Å²) in [4.78, 5) is 27.1. The van der Waals surface area contributed by atoms with Crippen molar-refractivity contribution in [3.05, 3.63) is 70.7 Å². The topological polar surface area (TPSA) is 62.5 Å². The first-order chi connectivity index (χ1) is 16.4. The second-order valence-corrected chi connectivity index (χ2v) is 9.87. The van der Waals surface area contributed by atoms with Crippen LogP contribution in [0.3, 0.4) is 0 Å². The molecule has 0 radical (unpaired) electrons. The van der Waals surface area contributed by atoms with Crippen molar-refractivity contribution in [2.45, 2.75) is 64.0 Å². The van der Waals surface area contributed by atoms with E-state index in [1.165, 1.54) is 23.3 Å². The van der Waals surface area contributed by atoms with Crippen molar-refractivity contribution in [3.8, 4) is 0 Å². The van der Waals surface area contributed by atoms with Crippen LogP contribution in [0.5, 0.6) is 0 Å². The number of rotatable bonds is 6. The van der Waals surface area contributed by atoms with Gasteiger partial charge in [0.05, 0.1) is 0 Å². The van der Waals surface area contributed by atoms with E-state index < -0.39 is 12.0 Å². The molecule has 1 aromatic heterocycles. The summed E-state index contributed by atoms with van der Waals surface area (Å²) in [6.45, 7) is 1.86. The number of amides is 1. The summed E-state index contributed by atoms with van der Waals surface area (Å²) in [5, 5.41) is 10.6. The van der Waals surface area contributed by atoms with Gasteiger partial charge in [-0.1, -0.05) is 31.2 Å². The first-order valence-corrected chi connectivity index (χ1v) is 12.2. The second-order valence-electron chi connectivity index (χ2n) is 9.87. The molecule has 0 spiro atoms. The predicted octanol–water partition coefficient (Wildman–Crippen LogP) is 4.94. The number of fused-ring (bicyclic) bond motifs is 4. The van der Waals surface area contributed by atoms with Crippen LogP contribution >= 0.6 is 0 Å². The molecule has 0 aliphatic heterocycles. The summed E-state index contributed by atoms with van der Waals surface area (Å²) in [6.07, 6.45) is 4.94. The van der Waals surface area contributed by atoms with Crippen molar-refractivity contribution < 1.29 is 19.1 Å². The van der Waals surface area contributed by atoms with Crippen LogP contribution in [-0.2, 0) is 35.3 Å². The first-order valence-electron chi connectivity index (χ1n) is 12.2. The molecule has 178 valence electrons. The van der Waals surface area contributed by atoms with Gasteiger partial charge < -0.3 is 14.6 Å². The van der Waals surface area contributed by atoms with Crippen LogP contribution in [0, 0.1) is 11.7 Å². The van der Waals surface area contributed by atoms with E-state index in [2.05, 4.69) is 24.3 Å². The molecule has 6 heteroatoms. The van der Waals surface area contributed by atoms with Crippen LogP contribution in [0.2, 0.25) is 0 Å². The van der Waals surface area contributed by atoms with E-state index in [-0.39, 0.29) is 17.8 Å². The van der Waals surface area contributed by atoms with Crippen LogP contribution in [0.4, 0.5) is 4.39 Å². The lowest BCUT2D eigenvalue weighted by Gasteiger charge is -2.33. The lowest BCUT2D eigenvalue weighted by molar-refractivity contribution is -0.141. The third-order valence-electron chi connectivity index (χ3n) is 7.86. The van der Waals surface area contributed by atoms with Gasteiger partial charge >= 0.3 is 5.97 Å². The Morgan fingerprint density at radius 1 is 1.15 bits per heavy atom. The Labute approximate surface area is 199 Å². The number of hydrogen-bond acceptors (Lipinski definition) is 2. The number of carboxylic acids is 1. The molecule has 0 fully saturated rings. The Hall–Kier alpha value is -3.15. The number of aliphatic carboxylic acids is 1. The maximum atomic E-state index is 14.2. The van der Waals surface area contributed by atoms with Gasteiger partial charge in [-0.25, -0.2) is 9.18 Å². The molecule has 2 unspecified atom stereocenters. The van der Waals surface area contributed by atoms with Crippen LogP contribution < -0.4 is 0 Å². The number of halogens is 1. The number of likely N-dealkylation sites (N-methyl/N-ethyl adjacent to an activating group) is 1. The molecule has 1 amide bonds. The molecule has 0 saturated carbocycles. The van der Waals surface area contributed by atoms with Gasteiger partial charge in [0, 0.05) is 36.1 Å². The van der Waals surface area contributed by atoms with Crippen LogP contribution in [0.25, 0.3) is 10.9 Å². The van der Waals surface area contributed by atoms with Crippen molar-refractivity contribution in [2.24, 2.45) is 5.92 Å². The number of carbonyl (C=O) groups is 2. The van der Waals surface area contributed by atoms with Gasteiger partial charge in [-0.2, -0.15) is 0 Å². The highest BCUT2D eigenvalue weighted by atomic mass is 19.1. The molecule has 3 aromatic rings. The van der Waals surface area contributed by atoms with Gasteiger partial charge in [0.2, 0.25) is 5.91 Å².